The standard InChI is InChI=1S/C15H27NO3/c1-16(12-11-13-7-3-2-4-8-13)14(17)9-5-6-10-15(18)19/h13H,2-12H2,1H3,(H,18,19). The molecule has 1 N–H and O–H groups in total. The number of unbranched alkanes of at least 4 members (excludes halogenated alkanes) is 1. The first-order valence-electron chi connectivity index (χ1n) is 7.55. The van der Waals surface area contributed by atoms with Crippen molar-refractivity contribution in [2.24, 2.45) is 5.92 Å². The summed E-state index contributed by atoms with van der Waals surface area (Å²) in [5, 5.41) is 8.52. The van der Waals surface area contributed by atoms with E-state index in [1.807, 2.05) is 11.9 Å². The van der Waals surface area contributed by atoms with Crippen molar-refractivity contribution in [2.45, 2.75) is 64.2 Å². The molecule has 0 bridgehead atoms. The van der Waals surface area contributed by atoms with E-state index in [1.165, 1.54) is 32.1 Å². The fourth-order valence-corrected chi connectivity index (χ4v) is 2.72. The van der Waals surface area contributed by atoms with Gasteiger partial charge in [-0.05, 0) is 25.2 Å². The molecule has 0 radical (unpaired) electrons. The lowest BCUT2D eigenvalue weighted by atomic mass is 9.87. The molecule has 1 saturated carbocycles. The van der Waals surface area contributed by atoms with Gasteiger partial charge in [0.25, 0.3) is 0 Å². The van der Waals surface area contributed by atoms with E-state index < -0.39 is 5.97 Å². The molecule has 0 aromatic heterocycles. The van der Waals surface area contributed by atoms with Crippen LogP contribution < -0.4 is 0 Å². The van der Waals surface area contributed by atoms with E-state index in [1.54, 1.807) is 0 Å². The number of carbonyl (C=O) groups excluding carboxylic acids is 1. The van der Waals surface area contributed by atoms with Crippen LogP contribution >= 0.6 is 0 Å². The second-order valence-corrected chi connectivity index (χ2v) is 5.71. The van der Waals surface area contributed by atoms with E-state index in [0.717, 1.165) is 18.9 Å². The van der Waals surface area contributed by atoms with E-state index in [-0.39, 0.29) is 12.3 Å². The lowest BCUT2D eigenvalue weighted by molar-refractivity contribution is -0.137. The maximum absolute atomic E-state index is 11.8. The Balaban J connectivity index is 2.08. The quantitative estimate of drug-likeness (QED) is 0.689. The molecule has 1 aliphatic carbocycles. The lowest BCUT2D eigenvalue weighted by Crippen LogP contribution is -2.29. The monoisotopic (exact) mass is 269 g/mol. The van der Waals surface area contributed by atoms with E-state index in [0.29, 0.717) is 19.3 Å². The summed E-state index contributed by atoms with van der Waals surface area (Å²) in [7, 11) is 1.86. The van der Waals surface area contributed by atoms with Crippen LogP contribution in [0.15, 0.2) is 0 Å². The fourth-order valence-electron chi connectivity index (χ4n) is 2.72. The summed E-state index contributed by atoms with van der Waals surface area (Å²) in [4.78, 5) is 24.0. The molecule has 0 unspecified atom stereocenters. The highest BCUT2D eigenvalue weighted by molar-refractivity contribution is 5.75. The summed E-state index contributed by atoms with van der Waals surface area (Å²) < 4.78 is 0. The van der Waals surface area contributed by atoms with Gasteiger partial charge in [-0.2, -0.15) is 0 Å². The third kappa shape index (κ3) is 7.19. The Hall–Kier alpha value is -1.06. The molecule has 0 aromatic rings. The number of nitrogens with zero attached hydrogens (tertiary/aromatic N) is 1. The fraction of sp³-hybridized carbons (Fsp3) is 0.867. The van der Waals surface area contributed by atoms with Crippen LogP contribution in [0.1, 0.15) is 64.2 Å². The Labute approximate surface area is 116 Å². The zero-order valence-electron chi connectivity index (χ0n) is 12.1. The van der Waals surface area contributed by atoms with Crippen molar-refractivity contribution in [3.63, 3.8) is 0 Å². The molecule has 4 nitrogen and oxygen atoms in total. The van der Waals surface area contributed by atoms with Crippen LogP contribution in [0.5, 0.6) is 0 Å². The summed E-state index contributed by atoms with van der Waals surface area (Å²) >= 11 is 0. The Morgan fingerprint density at radius 1 is 1.11 bits per heavy atom. The number of carboxylic acid groups (broad SMARTS) is 1. The van der Waals surface area contributed by atoms with Gasteiger partial charge >= 0.3 is 5.97 Å². The van der Waals surface area contributed by atoms with Crippen molar-refractivity contribution in [3.8, 4) is 0 Å². The Morgan fingerprint density at radius 2 is 1.74 bits per heavy atom. The normalized spacial score (nSPS) is 16.3. The number of rotatable bonds is 8. The molecule has 1 fully saturated rings. The first kappa shape index (κ1) is 16.0. The molecule has 1 aliphatic rings. The van der Waals surface area contributed by atoms with Crippen molar-refractivity contribution in [1.29, 1.82) is 0 Å². The average molecular weight is 269 g/mol. The third-order valence-corrected chi connectivity index (χ3v) is 4.05. The summed E-state index contributed by atoms with van der Waals surface area (Å²) in [5.41, 5.74) is 0. The maximum Gasteiger partial charge on any atom is 0.303 e. The molecule has 0 aromatic carbocycles. The van der Waals surface area contributed by atoms with E-state index >= 15 is 0 Å². The predicted octanol–water partition coefficient (Wildman–Crippen LogP) is 3.06. The Kier molecular flexibility index (Phi) is 7.53. The van der Waals surface area contributed by atoms with Crippen molar-refractivity contribution in [1.82, 2.24) is 4.90 Å². The van der Waals surface area contributed by atoms with Crippen LogP contribution in [-0.4, -0.2) is 35.5 Å². The van der Waals surface area contributed by atoms with Crippen molar-refractivity contribution < 1.29 is 14.7 Å². The highest BCUT2D eigenvalue weighted by atomic mass is 16.4. The minimum absolute atomic E-state index is 0.154. The van der Waals surface area contributed by atoms with Gasteiger partial charge in [0.15, 0.2) is 0 Å². The predicted molar refractivity (Wildman–Crippen MR) is 74.9 cm³/mol. The second-order valence-electron chi connectivity index (χ2n) is 5.71. The van der Waals surface area contributed by atoms with E-state index in [2.05, 4.69) is 0 Å². The van der Waals surface area contributed by atoms with Gasteiger partial charge in [-0.25, -0.2) is 0 Å². The van der Waals surface area contributed by atoms with Gasteiger partial charge in [0, 0.05) is 26.4 Å². The first-order valence-corrected chi connectivity index (χ1v) is 7.55. The SMILES string of the molecule is CN(CCC1CCCCC1)C(=O)CCCCC(=O)O. The third-order valence-electron chi connectivity index (χ3n) is 4.05. The first-order chi connectivity index (χ1) is 9.09. The molecule has 1 amide bonds. The minimum Gasteiger partial charge on any atom is -0.481 e. The van der Waals surface area contributed by atoms with Crippen molar-refractivity contribution >= 4 is 11.9 Å². The van der Waals surface area contributed by atoms with Gasteiger partial charge in [0.1, 0.15) is 0 Å². The molecule has 1 rings (SSSR count). The van der Waals surface area contributed by atoms with Crippen LogP contribution in [-0.2, 0) is 9.59 Å². The van der Waals surface area contributed by atoms with Crippen molar-refractivity contribution in [2.75, 3.05) is 13.6 Å². The molecule has 19 heavy (non-hydrogen) atoms. The summed E-state index contributed by atoms with van der Waals surface area (Å²) in [6, 6.07) is 0. The van der Waals surface area contributed by atoms with Crippen LogP contribution in [0.2, 0.25) is 0 Å². The highest BCUT2D eigenvalue weighted by Gasteiger charge is 2.15. The minimum atomic E-state index is -0.780. The molecule has 0 atom stereocenters. The molecular formula is C15H27NO3. The molecule has 0 spiro atoms. The Morgan fingerprint density at radius 3 is 2.37 bits per heavy atom. The van der Waals surface area contributed by atoms with Gasteiger partial charge in [-0.1, -0.05) is 32.1 Å². The second kappa shape index (κ2) is 8.94. The molecule has 0 heterocycles. The van der Waals surface area contributed by atoms with Crippen LogP contribution in [0.25, 0.3) is 0 Å². The zero-order valence-corrected chi connectivity index (χ0v) is 12.1. The Bertz CT molecular complexity index is 285. The maximum atomic E-state index is 11.8. The topological polar surface area (TPSA) is 57.6 Å². The van der Waals surface area contributed by atoms with Crippen molar-refractivity contribution in [3.05, 3.63) is 0 Å². The molecule has 110 valence electrons. The summed E-state index contributed by atoms with van der Waals surface area (Å²) in [6.07, 6.45) is 9.74. The summed E-state index contributed by atoms with van der Waals surface area (Å²) in [6.45, 7) is 0.850. The number of hydrogen-bond acceptors (Lipinski definition) is 2. The number of amides is 1. The number of aliphatic carboxylic acids is 1. The zero-order chi connectivity index (χ0) is 14.1. The lowest BCUT2D eigenvalue weighted by Gasteiger charge is -2.24. The average Bonchev–Trinajstić information content (AvgIpc) is 2.41. The van der Waals surface area contributed by atoms with Gasteiger partial charge in [-0.15, -0.1) is 0 Å². The van der Waals surface area contributed by atoms with Gasteiger partial charge < -0.3 is 10.0 Å². The van der Waals surface area contributed by atoms with Gasteiger partial charge in [0.2, 0.25) is 5.91 Å². The molecular weight excluding hydrogens is 242 g/mol. The van der Waals surface area contributed by atoms with E-state index in [4.69, 9.17) is 5.11 Å². The number of carboxylic acids is 1. The smallest absolute Gasteiger partial charge is 0.303 e. The summed E-state index contributed by atoms with van der Waals surface area (Å²) in [5.74, 6) is 0.176. The van der Waals surface area contributed by atoms with Crippen LogP contribution in [0, 0.1) is 5.92 Å². The molecule has 0 aliphatic heterocycles. The molecule has 0 saturated heterocycles. The molecule has 4 heteroatoms. The van der Waals surface area contributed by atoms with Crippen LogP contribution in [0.4, 0.5) is 0 Å². The van der Waals surface area contributed by atoms with Gasteiger partial charge in [0.05, 0.1) is 0 Å². The van der Waals surface area contributed by atoms with Crippen LogP contribution in [0.3, 0.4) is 0 Å². The number of carbonyl (C=O) groups is 2. The highest BCUT2D eigenvalue weighted by Crippen LogP contribution is 2.26. The van der Waals surface area contributed by atoms with Gasteiger partial charge in [-0.3, -0.25) is 9.59 Å². The van der Waals surface area contributed by atoms with E-state index in [9.17, 15) is 9.59 Å². The largest absolute Gasteiger partial charge is 0.481 e. The number of hydrogen-bond donors (Lipinski definition) is 1.